The van der Waals surface area contributed by atoms with Gasteiger partial charge in [0.1, 0.15) is 0 Å². The molecule has 0 aromatic rings. The molecule has 0 saturated carbocycles. The first-order chi connectivity index (χ1) is 7.77. The molecule has 0 aromatic carbocycles. The fraction of sp³-hybridized carbons (Fsp3) is 0.909. The van der Waals surface area contributed by atoms with E-state index in [1.807, 2.05) is 10.8 Å². The second-order valence-electron chi connectivity index (χ2n) is 3.67. The van der Waals surface area contributed by atoms with E-state index in [0.717, 1.165) is 24.6 Å². The molecule has 3 N–H and O–H groups in total. The lowest BCUT2D eigenvalue weighted by molar-refractivity contribution is -0.117. The van der Waals surface area contributed by atoms with Crippen LogP contribution in [0.4, 0.5) is 0 Å². The van der Waals surface area contributed by atoms with Gasteiger partial charge >= 0.3 is 0 Å². The molecular formula is C11H24N2OS2. The monoisotopic (exact) mass is 264 g/mol. The number of nitrogens with one attached hydrogen (secondary N) is 1. The molecule has 0 spiro atoms. The lowest BCUT2D eigenvalue weighted by Crippen LogP contribution is -2.18. The van der Waals surface area contributed by atoms with Gasteiger partial charge in [-0.25, -0.2) is 0 Å². The Morgan fingerprint density at radius 1 is 1.12 bits per heavy atom. The summed E-state index contributed by atoms with van der Waals surface area (Å²) in [6, 6.07) is 0. The third kappa shape index (κ3) is 14.1. The first kappa shape index (κ1) is 16.1. The van der Waals surface area contributed by atoms with Gasteiger partial charge in [0, 0.05) is 24.5 Å². The Bertz CT molecular complexity index is 168. The Morgan fingerprint density at radius 3 is 2.56 bits per heavy atom. The van der Waals surface area contributed by atoms with Crippen molar-refractivity contribution in [3.8, 4) is 0 Å². The van der Waals surface area contributed by atoms with Crippen LogP contribution in [-0.4, -0.2) is 30.5 Å². The van der Waals surface area contributed by atoms with Crippen LogP contribution in [0.2, 0.25) is 0 Å². The van der Waals surface area contributed by atoms with Crippen LogP contribution < -0.4 is 11.1 Å². The van der Waals surface area contributed by atoms with E-state index in [4.69, 9.17) is 5.73 Å². The van der Waals surface area contributed by atoms with Gasteiger partial charge in [0.2, 0.25) is 5.91 Å². The van der Waals surface area contributed by atoms with E-state index < -0.39 is 0 Å². The number of carbonyl (C=O) groups excluding carboxylic acids is 1. The second kappa shape index (κ2) is 13.2. The van der Waals surface area contributed by atoms with Crippen molar-refractivity contribution < 1.29 is 4.79 Å². The first-order valence-electron chi connectivity index (χ1n) is 6.00. The predicted molar refractivity (Wildman–Crippen MR) is 75.7 cm³/mol. The third-order valence-corrected chi connectivity index (χ3v) is 4.49. The van der Waals surface area contributed by atoms with Gasteiger partial charge in [-0.2, -0.15) is 0 Å². The molecule has 16 heavy (non-hydrogen) atoms. The molecule has 3 nitrogen and oxygen atoms in total. The van der Waals surface area contributed by atoms with E-state index >= 15 is 0 Å². The van der Waals surface area contributed by atoms with E-state index in [1.165, 1.54) is 25.7 Å². The number of hydrogen-bond donors (Lipinski definition) is 2. The van der Waals surface area contributed by atoms with Crippen LogP contribution in [0.5, 0.6) is 0 Å². The van der Waals surface area contributed by atoms with Gasteiger partial charge in [0.25, 0.3) is 0 Å². The van der Waals surface area contributed by atoms with Crippen molar-refractivity contribution in [1.82, 2.24) is 5.32 Å². The Hall–Kier alpha value is 0.130. The average Bonchev–Trinajstić information content (AvgIpc) is 2.25. The molecule has 0 aromatic heterocycles. The van der Waals surface area contributed by atoms with Crippen LogP contribution in [0.1, 0.15) is 39.0 Å². The van der Waals surface area contributed by atoms with Gasteiger partial charge in [-0.15, -0.1) is 0 Å². The number of unbranched alkanes of at least 4 members (excludes halogenated alkanes) is 3. The molecule has 0 saturated heterocycles. The zero-order valence-corrected chi connectivity index (χ0v) is 11.8. The number of nitrogens with two attached hydrogens (primary N) is 1. The van der Waals surface area contributed by atoms with Gasteiger partial charge in [-0.1, -0.05) is 47.8 Å². The molecule has 0 fully saturated rings. The van der Waals surface area contributed by atoms with Crippen molar-refractivity contribution in [1.29, 1.82) is 0 Å². The third-order valence-electron chi connectivity index (χ3n) is 2.08. The van der Waals surface area contributed by atoms with Crippen molar-refractivity contribution in [2.75, 3.05) is 24.6 Å². The molecule has 0 aliphatic rings. The maximum Gasteiger partial charge on any atom is 0.218 e. The average molecular weight is 264 g/mol. The second-order valence-corrected chi connectivity index (χ2v) is 6.37. The van der Waals surface area contributed by atoms with E-state index in [2.05, 4.69) is 12.2 Å². The summed E-state index contributed by atoms with van der Waals surface area (Å²) in [7, 11) is 3.54. The number of amides is 1. The van der Waals surface area contributed by atoms with Crippen LogP contribution in [-0.2, 0) is 4.79 Å². The van der Waals surface area contributed by atoms with Gasteiger partial charge in [-0.3, -0.25) is 4.79 Å². The van der Waals surface area contributed by atoms with Gasteiger partial charge in [0.15, 0.2) is 0 Å². The van der Waals surface area contributed by atoms with Gasteiger partial charge < -0.3 is 11.1 Å². The Morgan fingerprint density at radius 2 is 1.88 bits per heavy atom. The zero-order valence-electron chi connectivity index (χ0n) is 10.2. The maximum absolute atomic E-state index is 10.4. The van der Waals surface area contributed by atoms with Crippen molar-refractivity contribution >= 4 is 27.5 Å². The minimum Gasteiger partial charge on any atom is -0.370 e. The summed E-state index contributed by atoms with van der Waals surface area (Å²) in [6.07, 6.45) is 5.76. The van der Waals surface area contributed by atoms with Crippen molar-refractivity contribution in [3.05, 3.63) is 0 Å². The lowest BCUT2D eigenvalue weighted by atomic mass is 10.2. The standard InChI is InChI=1S/C11H24N2OS2/c1-2-3-4-5-7-13-8-10-16-15-9-6-11(12)14/h13H,2-10H2,1H3,(H2,12,14). The number of rotatable bonds is 12. The Balaban J connectivity index is 2.90. The van der Waals surface area contributed by atoms with Crippen LogP contribution in [0.3, 0.4) is 0 Å². The summed E-state index contributed by atoms with van der Waals surface area (Å²) in [5, 5.41) is 3.42. The molecule has 5 heteroatoms. The van der Waals surface area contributed by atoms with Crippen molar-refractivity contribution in [2.24, 2.45) is 5.73 Å². The summed E-state index contributed by atoms with van der Waals surface area (Å²) in [6.45, 7) is 4.42. The summed E-state index contributed by atoms with van der Waals surface area (Å²) >= 11 is 0. The fourth-order valence-electron chi connectivity index (χ4n) is 1.18. The van der Waals surface area contributed by atoms with E-state index in [9.17, 15) is 4.79 Å². The van der Waals surface area contributed by atoms with Crippen LogP contribution in [0, 0.1) is 0 Å². The molecular weight excluding hydrogens is 240 g/mol. The predicted octanol–water partition coefficient (Wildman–Crippen LogP) is 2.41. The Labute approximate surface area is 107 Å². The minimum atomic E-state index is -0.206. The molecule has 0 unspecified atom stereocenters. The minimum absolute atomic E-state index is 0.206. The van der Waals surface area contributed by atoms with E-state index in [-0.39, 0.29) is 5.91 Å². The fourth-order valence-corrected chi connectivity index (χ4v) is 3.13. The van der Waals surface area contributed by atoms with Gasteiger partial charge in [0.05, 0.1) is 0 Å². The molecule has 96 valence electrons. The highest BCUT2D eigenvalue weighted by molar-refractivity contribution is 8.76. The normalized spacial score (nSPS) is 10.6. The highest BCUT2D eigenvalue weighted by atomic mass is 33.1. The molecule has 0 aliphatic heterocycles. The van der Waals surface area contributed by atoms with Gasteiger partial charge in [-0.05, 0) is 13.0 Å². The van der Waals surface area contributed by atoms with E-state index in [1.54, 1.807) is 10.8 Å². The molecule has 0 rings (SSSR count). The molecule has 0 atom stereocenters. The van der Waals surface area contributed by atoms with E-state index in [0.29, 0.717) is 6.42 Å². The highest BCUT2D eigenvalue weighted by Gasteiger charge is 1.95. The van der Waals surface area contributed by atoms with Crippen LogP contribution in [0.15, 0.2) is 0 Å². The number of hydrogen-bond acceptors (Lipinski definition) is 4. The molecule has 0 heterocycles. The van der Waals surface area contributed by atoms with Crippen molar-refractivity contribution in [3.63, 3.8) is 0 Å². The molecule has 1 amide bonds. The summed E-state index contributed by atoms with van der Waals surface area (Å²) in [4.78, 5) is 10.4. The van der Waals surface area contributed by atoms with Crippen LogP contribution >= 0.6 is 21.6 Å². The Kier molecular flexibility index (Phi) is 13.3. The SMILES string of the molecule is CCCCCCNCCSSCCC(N)=O. The highest BCUT2D eigenvalue weighted by Crippen LogP contribution is 2.20. The van der Waals surface area contributed by atoms with Crippen molar-refractivity contribution in [2.45, 2.75) is 39.0 Å². The lowest BCUT2D eigenvalue weighted by Gasteiger charge is -2.03. The summed E-state index contributed by atoms with van der Waals surface area (Å²) < 4.78 is 0. The van der Waals surface area contributed by atoms with Crippen LogP contribution in [0.25, 0.3) is 0 Å². The quantitative estimate of drug-likeness (QED) is 0.420. The number of primary amides is 1. The topological polar surface area (TPSA) is 55.1 Å². The largest absolute Gasteiger partial charge is 0.370 e. The summed E-state index contributed by atoms with van der Waals surface area (Å²) in [5.41, 5.74) is 5.04. The number of carbonyl (C=O) groups is 1. The molecule has 0 radical (unpaired) electrons. The first-order valence-corrected chi connectivity index (χ1v) is 8.49. The zero-order chi connectivity index (χ0) is 12.1. The maximum atomic E-state index is 10.4. The summed E-state index contributed by atoms with van der Waals surface area (Å²) in [5.74, 6) is 1.72. The smallest absolute Gasteiger partial charge is 0.218 e. The molecule has 0 aliphatic carbocycles. The molecule has 0 bridgehead atoms.